The number of para-hydroxylation sites is 1. The van der Waals surface area contributed by atoms with E-state index in [2.05, 4.69) is 16.4 Å². The maximum absolute atomic E-state index is 13.5. The normalized spacial score (nSPS) is 18.1. The van der Waals surface area contributed by atoms with Crippen LogP contribution in [-0.2, 0) is 10.2 Å². The number of hydrogen-bond donors (Lipinski definition) is 1. The third-order valence-electron chi connectivity index (χ3n) is 5.91. The average molecular weight is 396 g/mol. The Morgan fingerprint density at radius 1 is 1.03 bits per heavy atom. The predicted octanol–water partition coefficient (Wildman–Crippen LogP) is 3.45. The van der Waals surface area contributed by atoms with Gasteiger partial charge in [0.25, 0.3) is 5.91 Å². The Hall–Kier alpha value is -3.80. The molecule has 0 fully saturated rings. The minimum atomic E-state index is -0.992. The number of carbonyl (C=O) groups is 2. The number of aromatic nitrogens is 2. The first-order chi connectivity index (χ1) is 14.5. The molecule has 5 rings (SSSR count). The molecule has 0 bridgehead atoms. The zero-order chi connectivity index (χ0) is 20.9. The predicted molar refractivity (Wildman–Crippen MR) is 117 cm³/mol. The van der Waals surface area contributed by atoms with Gasteiger partial charge in [-0.05, 0) is 36.6 Å². The molecular weight excluding hydrogens is 376 g/mol. The number of anilines is 1. The fraction of sp³-hybridized carbons (Fsp3) is 0.167. The Bertz CT molecular complexity index is 1320. The fourth-order valence-corrected chi connectivity index (χ4v) is 4.27. The second-order valence-electron chi connectivity index (χ2n) is 7.79. The molecule has 30 heavy (non-hydrogen) atoms. The standard InChI is InChI=1S/C24H20N4O2/c1-24(14-26-22(29)15-10-12-25-13-11-15)21-20-17(16-6-3-4-8-18(16)27-21)7-5-9-19(20)28(2)23(24)30/h3-13H,14H2,1-2H3,(H,26,29). The third kappa shape index (κ3) is 2.57. The van der Waals surface area contributed by atoms with Crippen molar-refractivity contribution in [1.82, 2.24) is 15.3 Å². The summed E-state index contributed by atoms with van der Waals surface area (Å²) in [5.74, 6) is -0.342. The van der Waals surface area contributed by atoms with Gasteiger partial charge in [0.05, 0.1) is 16.9 Å². The molecule has 6 nitrogen and oxygen atoms in total. The van der Waals surface area contributed by atoms with E-state index in [9.17, 15) is 9.59 Å². The number of hydrogen-bond acceptors (Lipinski definition) is 4. The highest BCUT2D eigenvalue weighted by Gasteiger charge is 2.45. The second kappa shape index (κ2) is 6.62. The molecule has 4 aromatic rings. The zero-order valence-electron chi connectivity index (χ0n) is 16.7. The summed E-state index contributed by atoms with van der Waals surface area (Å²) in [5.41, 5.74) is 1.88. The highest BCUT2D eigenvalue weighted by molar-refractivity contribution is 6.19. The number of likely N-dealkylation sites (N-methyl/N-ethyl adjacent to an activating group) is 1. The topological polar surface area (TPSA) is 75.2 Å². The van der Waals surface area contributed by atoms with Crippen LogP contribution in [0.2, 0.25) is 0 Å². The molecule has 1 N–H and O–H groups in total. The van der Waals surface area contributed by atoms with Crippen LogP contribution in [0.1, 0.15) is 23.0 Å². The summed E-state index contributed by atoms with van der Waals surface area (Å²) in [4.78, 5) is 36.6. The van der Waals surface area contributed by atoms with Crippen LogP contribution < -0.4 is 10.2 Å². The first-order valence-corrected chi connectivity index (χ1v) is 9.79. The van der Waals surface area contributed by atoms with E-state index in [0.29, 0.717) is 11.3 Å². The van der Waals surface area contributed by atoms with Gasteiger partial charge in [-0.2, -0.15) is 0 Å². The fourth-order valence-electron chi connectivity index (χ4n) is 4.27. The first kappa shape index (κ1) is 18.2. The molecular formula is C24H20N4O2. The lowest BCUT2D eigenvalue weighted by Crippen LogP contribution is -2.53. The Morgan fingerprint density at radius 3 is 2.57 bits per heavy atom. The van der Waals surface area contributed by atoms with Crippen molar-refractivity contribution in [3.8, 4) is 0 Å². The van der Waals surface area contributed by atoms with Crippen LogP contribution in [0.5, 0.6) is 0 Å². The summed E-state index contributed by atoms with van der Waals surface area (Å²) in [5, 5.41) is 5.99. The van der Waals surface area contributed by atoms with Crippen LogP contribution in [0, 0.1) is 0 Å². The molecule has 2 aromatic heterocycles. The smallest absolute Gasteiger partial charge is 0.251 e. The van der Waals surface area contributed by atoms with Crippen molar-refractivity contribution in [3.05, 3.63) is 78.2 Å². The van der Waals surface area contributed by atoms with Gasteiger partial charge in [0.2, 0.25) is 5.91 Å². The van der Waals surface area contributed by atoms with E-state index in [4.69, 9.17) is 4.98 Å². The van der Waals surface area contributed by atoms with Gasteiger partial charge in [-0.15, -0.1) is 0 Å². The number of pyridine rings is 2. The van der Waals surface area contributed by atoms with Crippen molar-refractivity contribution in [3.63, 3.8) is 0 Å². The number of amides is 2. The summed E-state index contributed by atoms with van der Waals surface area (Å²) in [6.07, 6.45) is 3.14. The quantitative estimate of drug-likeness (QED) is 0.538. The molecule has 0 spiro atoms. The maximum Gasteiger partial charge on any atom is 0.251 e. The first-order valence-electron chi connectivity index (χ1n) is 9.79. The molecule has 3 heterocycles. The molecule has 1 unspecified atom stereocenters. The molecule has 6 heteroatoms. The van der Waals surface area contributed by atoms with Crippen molar-refractivity contribution < 1.29 is 9.59 Å². The largest absolute Gasteiger partial charge is 0.351 e. The van der Waals surface area contributed by atoms with E-state index in [1.165, 1.54) is 0 Å². The van der Waals surface area contributed by atoms with Crippen molar-refractivity contribution in [2.75, 3.05) is 18.5 Å². The number of rotatable bonds is 3. The van der Waals surface area contributed by atoms with Gasteiger partial charge in [0, 0.05) is 42.3 Å². The van der Waals surface area contributed by atoms with Gasteiger partial charge < -0.3 is 10.2 Å². The molecule has 1 aliphatic heterocycles. The molecule has 1 atom stereocenters. The van der Waals surface area contributed by atoms with Crippen molar-refractivity contribution in [1.29, 1.82) is 0 Å². The van der Waals surface area contributed by atoms with Gasteiger partial charge in [0.15, 0.2) is 0 Å². The van der Waals surface area contributed by atoms with Gasteiger partial charge in [-0.3, -0.25) is 19.6 Å². The van der Waals surface area contributed by atoms with E-state index in [1.54, 1.807) is 36.5 Å². The van der Waals surface area contributed by atoms with E-state index < -0.39 is 5.41 Å². The molecule has 0 saturated carbocycles. The Kier molecular flexibility index (Phi) is 4.03. The molecule has 2 amide bonds. The van der Waals surface area contributed by atoms with Gasteiger partial charge in [-0.1, -0.05) is 30.3 Å². The van der Waals surface area contributed by atoms with Crippen LogP contribution in [0.3, 0.4) is 0 Å². The van der Waals surface area contributed by atoms with E-state index in [1.807, 2.05) is 43.3 Å². The lowest BCUT2D eigenvalue weighted by Gasteiger charge is -2.38. The SMILES string of the molecule is CN1C(=O)C(C)(CNC(=O)c2ccncc2)c2nc3ccccc3c3cccc1c23. The van der Waals surface area contributed by atoms with Crippen LogP contribution in [0.4, 0.5) is 5.69 Å². The van der Waals surface area contributed by atoms with Gasteiger partial charge in [-0.25, -0.2) is 0 Å². The van der Waals surface area contributed by atoms with Crippen LogP contribution in [0.25, 0.3) is 21.7 Å². The van der Waals surface area contributed by atoms with E-state index >= 15 is 0 Å². The van der Waals surface area contributed by atoms with Gasteiger partial charge in [0.1, 0.15) is 5.41 Å². The molecule has 1 aliphatic rings. The molecule has 2 aromatic carbocycles. The summed E-state index contributed by atoms with van der Waals surface area (Å²) in [6.45, 7) is 2.00. The highest BCUT2D eigenvalue weighted by Crippen LogP contribution is 2.43. The maximum atomic E-state index is 13.5. The van der Waals surface area contributed by atoms with Crippen LogP contribution in [-0.4, -0.2) is 35.4 Å². The number of nitrogens with zero attached hydrogens (tertiary/aromatic N) is 3. The lowest BCUT2D eigenvalue weighted by atomic mass is 9.78. The number of fused-ring (bicyclic) bond motifs is 2. The Morgan fingerprint density at radius 2 is 1.77 bits per heavy atom. The molecule has 0 aliphatic carbocycles. The van der Waals surface area contributed by atoms with Crippen molar-refractivity contribution in [2.45, 2.75) is 12.3 Å². The zero-order valence-corrected chi connectivity index (χ0v) is 16.7. The monoisotopic (exact) mass is 396 g/mol. The lowest BCUT2D eigenvalue weighted by molar-refractivity contribution is -0.123. The summed E-state index contributed by atoms with van der Waals surface area (Å²) in [6, 6.07) is 17.2. The minimum absolute atomic E-state index is 0.0969. The molecule has 0 saturated heterocycles. The Labute approximate surface area is 173 Å². The van der Waals surface area contributed by atoms with E-state index in [0.717, 1.165) is 27.4 Å². The van der Waals surface area contributed by atoms with E-state index in [-0.39, 0.29) is 18.4 Å². The second-order valence-corrected chi connectivity index (χ2v) is 7.79. The van der Waals surface area contributed by atoms with Crippen LogP contribution >= 0.6 is 0 Å². The summed E-state index contributed by atoms with van der Waals surface area (Å²) in [7, 11) is 1.78. The summed E-state index contributed by atoms with van der Waals surface area (Å²) >= 11 is 0. The highest BCUT2D eigenvalue weighted by atomic mass is 16.2. The average Bonchev–Trinajstić information content (AvgIpc) is 2.80. The Balaban J connectivity index is 1.67. The molecule has 148 valence electrons. The van der Waals surface area contributed by atoms with Crippen molar-refractivity contribution >= 4 is 39.2 Å². The number of benzene rings is 2. The minimum Gasteiger partial charge on any atom is -0.351 e. The third-order valence-corrected chi connectivity index (χ3v) is 5.91. The number of nitrogens with one attached hydrogen (secondary N) is 1. The van der Waals surface area contributed by atoms with Crippen LogP contribution in [0.15, 0.2) is 67.0 Å². The molecule has 0 radical (unpaired) electrons. The van der Waals surface area contributed by atoms with Gasteiger partial charge >= 0.3 is 0 Å². The van der Waals surface area contributed by atoms with Crippen molar-refractivity contribution in [2.24, 2.45) is 0 Å². The number of carbonyl (C=O) groups excluding carboxylic acids is 2. The summed E-state index contributed by atoms with van der Waals surface area (Å²) < 4.78 is 0.